The van der Waals surface area contributed by atoms with Crippen LogP contribution in [0.1, 0.15) is 34.6 Å². The summed E-state index contributed by atoms with van der Waals surface area (Å²) in [5.74, 6) is -0.376. The second-order valence-corrected chi connectivity index (χ2v) is 5.27. The van der Waals surface area contributed by atoms with E-state index in [1.807, 2.05) is 20.8 Å². The number of carbonyl (C=O) groups excluding carboxylic acids is 2. The first-order valence-electron chi connectivity index (χ1n) is 4.45. The van der Waals surface area contributed by atoms with Crippen molar-refractivity contribution in [2.24, 2.45) is 0 Å². The zero-order valence-electron chi connectivity index (χ0n) is 9.09. The molecule has 1 saturated heterocycles. The number of nitrogens with zero attached hydrogens (tertiary/aromatic N) is 2. The highest BCUT2D eigenvalue weighted by molar-refractivity contribution is 6.33. The van der Waals surface area contributed by atoms with E-state index in [0.717, 1.165) is 0 Å². The Morgan fingerprint density at radius 2 is 1.64 bits per heavy atom. The van der Waals surface area contributed by atoms with Gasteiger partial charge in [0.15, 0.2) is 0 Å². The third-order valence-electron chi connectivity index (χ3n) is 2.29. The van der Waals surface area contributed by atoms with Crippen LogP contribution in [-0.4, -0.2) is 32.3 Å². The Morgan fingerprint density at radius 3 is 1.79 bits per heavy atom. The number of imide groups is 1. The molecule has 1 aliphatic heterocycles. The Hall–Kier alpha value is -0.770. The Balaban J connectivity index is 3.20. The van der Waals surface area contributed by atoms with Crippen molar-refractivity contribution in [2.75, 3.05) is 0 Å². The van der Waals surface area contributed by atoms with Crippen LogP contribution in [-0.2, 0) is 4.79 Å². The number of hydrogen-bond donors (Lipinski definition) is 0. The highest BCUT2D eigenvalue weighted by atomic mass is 35.5. The number of carbonyl (C=O) groups is 2. The lowest BCUT2D eigenvalue weighted by Crippen LogP contribution is -2.53. The van der Waals surface area contributed by atoms with Crippen LogP contribution < -0.4 is 0 Å². The largest absolute Gasteiger partial charge is 0.343 e. The maximum absolute atomic E-state index is 11.7. The third kappa shape index (κ3) is 1.38. The Labute approximate surface area is 88.9 Å². The van der Waals surface area contributed by atoms with E-state index < -0.39 is 17.1 Å². The predicted molar refractivity (Wildman–Crippen MR) is 53.8 cm³/mol. The van der Waals surface area contributed by atoms with Crippen LogP contribution in [0.3, 0.4) is 0 Å². The van der Waals surface area contributed by atoms with E-state index in [1.54, 1.807) is 13.8 Å². The SMILES string of the molecule is CC(C)(C)N1C(=O)N(Cl)C(=O)C1(C)C. The van der Waals surface area contributed by atoms with Gasteiger partial charge in [-0.1, -0.05) is 0 Å². The summed E-state index contributed by atoms with van der Waals surface area (Å²) in [6.45, 7) is 9.00. The van der Waals surface area contributed by atoms with E-state index in [2.05, 4.69) is 0 Å². The highest BCUT2D eigenvalue weighted by Crippen LogP contribution is 2.34. The van der Waals surface area contributed by atoms with Crippen LogP contribution in [0.2, 0.25) is 0 Å². The van der Waals surface area contributed by atoms with E-state index >= 15 is 0 Å². The average Bonchev–Trinajstić information content (AvgIpc) is 2.10. The zero-order valence-corrected chi connectivity index (χ0v) is 9.84. The molecule has 4 nitrogen and oxygen atoms in total. The molecule has 80 valence electrons. The van der Waals surface area contributed by atoms with Crippen LogP contribution >= 0.6 is 11.8 Å². The smallest absolute Gasteiger partial charge is 0.304 e. The molecule has 1 fully saturated rings. The zero-order chi connectivity index (χ0) is 11.3. The lowest BCUT2D eigenvalue weighted by atomic mass is 9.96. The van der Waals surface area contributed by atoms with Crippen molar-refractivity contribution in [3.63, 3.8) is 0 Å². The molecule has 0 aromatic rings. The highest BCUT2D eigenvalue weighted by Gasteiger charge is 2.54. The Kier molecular flexibility index (Phi) is 2.31. The first-order valence-corrected chi connectivity index (χ1v) is 4.78. The molecule has 0 unspecified atom stereocenters. The number of rotatable bonds is 0. The van der Waals surface area contributed by atoms with Crippen molar-refractivity contribution in [3.05, 3.63) is 0 Å². The number of hydrogen-bond acceptors (Lipinski definition) is 2. The molecule has 0 N–H and O–H groups in total. The van der Waals surface area contributed by atoms with Crippen LogP contribution in [0.4, 0.5) is 4.79 Å². The molecule has 0 atom stereocenters. The van der Waals surface area contributed by atoms with Gasteiger partial charge in [0.1, 0.15) is 5.54 Å². The fraction of sp³-hybridized carbons (Fsp3) is 0.778. The van der Waals surface area contributed by atoms with Crippen molar-refractivity contribution in [2.45, 2.75) is 45.7 Å². The summed E-state index contributed by atoms with van der Waals surface area (Å²) in [6, 6.07) is -0.450. The first kappa shape index (κ1) is 11.3. The van der Waals surface area contributed by atoms with E-state index in [0.29, 0.717) is 4.42 Å². The number of amides is 3. The van der Waals surface area contributed by atoms with Crippen molar-refractivity contribution in [3.8, 4) is 0 Å². The van der Waals surface area contributed by atoms with Gasteiger partial charge in [0.05, 0.1) is 0 Å². The van der Waals surface area contributed by atoms with Gasteiger partial charge in [0.2, 0.25) is 0 Å². The summed E-state index contributed by atoms with van der Waals surface area (Å²) in [4.78, 5) is 24.8. The van der Waals surface area contributed by atoms with Crippen molar-refractivity contribution in [1.82, 2.24) is 9.32 Å². The minimum Gasteiger partial charge on any atom is -0.304 e. The molecule has 0 aliphatic carbocycles. The van der Waals surface area contributed by atoms with E-state index in [1.165, 1.54) is 4.90 Å². The van der Waals surface area contributed by atoms with Crippen LogP contribution in [0.15, 0.2) is 0 Å². The fourth-order valence-electron chi connectivity index (χ4n) is 1.88. The lowest BCUT2D eigenvalue weighted by Gasteiger charge is -2.39. The van der Waals surface area contributed by atoms with E-state index in [9.17, 15) is 9.59 Å². The molecule has 0 spiro atoms. The second kappa shape index (κ2) is 2.86. The van der Waals surface area contributed by atoms with Crippen LogP contribution in [0.25, 0.3) is 0 Å². The lowest BCUT2D eigenvalue weighted by molar-refractivity contribution is -0.130. The first-order chi connectivity index (χ1) is 6.10. The fourth-order valence-corrected chi connectivity index (χ4v) is 2.16. The van der Waals surface area contributed by atoms with Gasteiger partial charge in [-0.05, 0) is 34.6 Å². The number of urea groups is 1. The Bertz CT molecular complexity index is 294. The summed E-state index contributed by atoms with van der Waals surface area (Å²) in [6.07, 6.45) is 0. The summed E-state index contributed by atoms with van der Waals surface area (Å²) in [5, 5.41) is 0. The predicted octanol–water partition coefficient (Wildman–Crippen LogP) is 1.98. The van der Waals surface area contributed by atoms with Gasteiger partial charge in [-0.3, -0.25) is 4.79 Å². The normalized spacial score (nSPS) is 22.1. The molecule has 0 aromatic carbocycles. The molecular formula is C9H15ClN2O2. The molecule has 1 heterocycles. The average molecular weight is 219 g/mol. The van der Waals surface area contributed by atoms with Gasteiger partial charge in [0, 0.05) is 17.3 Å². The molecular weight excluding hydrogens is 204 g/mol. The molecule has 0 saturated carbocycles. The standard InChI is InChI=1S/C9H15ClN2O2/c1-8(2,3)12-7(14)11(10)6(13)9(12,4)5/h1-5H3. The monoisotopic (exact) mass is 218 g/mol. The molecule has 14 heavy (non-hydrogen) atoms. The van der Waals surface area contributed by atoms with Gasteiger partial charge in [-0.25, -0.2) is 4.79 Å². The third-order valence-corrected chi connectivity index (χ3v) is 2.59. The summed E-state index contributed by atoms with van der Waals surface area (Å²) >= 11 is 5.59. The quantitative estimate of drug-likeness (QED) is 0.461. The minimum absolute atomic E-state index is 0.376. The molecule has 3 amide bonds. The molecule has 5 heteroatoms. The van der Waals surface area contributed by atoms with Crippen molar-refractivity contribution >= 4 is 23.7 Å². The van der Waals surface area contributed by atoms with Crippen LogP contribution in [0.5, 0.6) is 0 Å². The van der Waals surface area contributed by atoms with E-state index in [-0.39, 0.29) is 5.91 Å². The van der Waals surface area contributed by atoms with Gasteiger partial charge in [-0.2, -0.15) is 4.42 Å². The topological polar surface area (TPSA) is 40.6 Å². The Morgan fingerprint density at radius 1 is 1.21 bits per heavy atom. The van der Waals surface area contributed by atoms with Crippen molar-refractivity contribution in [1.29, 1.82) is 0 Å². The number of halogens is 1. The van der Waals surface area contributed by atoms with Gasteiger partial charge >= 0.3 is 6.03 Å². The maximum atomic E-state index is 11.7. The molecule has 1 rings (SSSR count). The van der Waals surface area contributed by atoms with Crippen molar-refractivity contribution < 1.29 is 9.59 Å². The maximum Gasteiger partial charge on any atom is 0.343 e. The van der Waals surface area contributed by atoms with E-state index in [4.69, 9.17) is 11.8 Å². The van der Waals surface area contributed by atoms with Gasteiger partial charge in [0.25, 0.3) is 5.91 Å². The minimum atomic E-state index is -0.864. The van der Waals surface area contributed by atoms with Gasteiger partial charge < -0.3 is 4.90 Å². The van der Waals surface area contributed by atoms with Crippen LogP contribution in [0, 0.1) is 0 Å². The second-order valence-electron chi connectivity index (χ2n) is 4.93. The summed E-state index contributed by atoms with van der Waals surface area (Å²) in [5.41, 5.74) is -1.28. The molecule has 0 aromatic heterocycles. The molecule has 0 bridgehead atoms. The molecule has 1 aliphatic rings. The summed E-state index contributed by atoms with van der Waals surface area (Å²) in [7, 11) is 0. The molecule has 0 radical (unpaired) electrons. The van der Waals surface area contributed by atoms with Gasteiger partial charge in [-0.15, -0.1) is 0 Å². The summed E-state index contributed by atoms with van der Waals surface area (Å²) < 4.78 is 0.658.